The van der Waals surface area contributed by atoms with E-state index in [0.717, 1.165) is 25.9 Å². The van der Waals surface area contributed by atoms with E-state index in [1.54, 1.807) is 0 Å². The Bertz CT molecular complexity index is 344. The number of piperidine rings is 1. The first kappa shape index (κ1) is 12.3. The molecule has 2 nitrogen and oxygen atoms in total. The molecule has 0 amide bonds. The zero-order chi connectivity index (χ0) is 12.1. The van der Waals surface area contributed by atoms with Crippen LogP contribution in [0.2, 0.25) is 0 Å². The van der Waals surface area contributed by atoms with Crippen LogP contribution in [-0.2, 0) is 0 Å². The molecule has 0 radical (unpaired) electrons. The lowest BCUT2D eigenvalue weighted by atomic mass is 9.97. The standard InChI is InChI=1S/C13H17F2NO/c14-11-4-1-5-12(15)13(11)17-8-6-10-3-2-7-16-9-10/h1,4-5,10,16H,2-3,6-9H2. The summed E-state index contributed by atoms with van der Waals surface area (Å²) < 4.78 is 31.7. The van der Waals surface area contributed by atoms with Gasteiger partial charge in [-0.3, -0.25) is 0 Å². The van der Waals surface area contributed by atoms with Crippen LogP contribution in [0, 0.1) is 17.6 Å². The van der Waals surface area contributed by atoms with Gasteiger partial charge in [-0.2, -0.15) is 0 Å². The van der Waals surface area contributed by atoms with E-state index in [2.05, 4.69) is 5.32 Å². The van der Waals surface area contributed by atoms with E-state index < -0.39 is 11.6 Å². The van der Waals surface area contributed by atoms with E-state index in [1.807, 2.05) is 0 Å². The summed E-state index contributed by atoms with van der Waals surface area (Å²) in [5, 5.41) is 3.30. The molecular formula is C13H17F2NO. The first-order valence-electron chi connectivity index (χ1n) is 6.05. The van der Waals surface area contributed by atoms with Crippen molar-refractivity contribution in [1.82, 2.24) is 5.32 Å². The molecule has 4 heteroatoms. The van der Waals surface area contributed by atoms with Crippen LogP contribution in [0.3, 0.4) is 0 Å². The van der Waals surface area contributed by atoms with E-state index in [9.17, 15) is 8.78 Å². The van der Waals surface area contributed by atoms with Crippen molar-refractivity contribution in [2.75, 3.05) is 19.7 Å². The highest BCUT2D eigenvalue weighted by Crippen LogP contribution is 2.22. The molecule has 0 spiro atoms. The Kier molecular flexibility index (Phi) is 4.31. The van der Waals surface area contributed by atoms with Gasteiger partial charge in [-0.05, 0) is 50.4 Å². The molecule has 1 aromatic rings. The summed E-state index contributed by atoms with van der Waals surface area (Å²) in [5.74, 6) is -0.964. The van der Waals surface area contributed by atoms with Crippen LogP contribution >= 0.6 is 0 Å². The fourth-order valence-electron chi connectivity index (χ4n) is 2.12. The van der Waals surface area contributed by atoms with Crippen molar-refractivity contribution < 1.29 is 13.5 Å². The third-order valence-corrected chi connectivity index (χ3v) is 3.09. The molecule has 0 aliphatic carbocycles. The van der Waals surface area contributed by atoms with Crippen molar-refractivity contribution in [1.29, 1.82) is 0 Å². The molecule has 94 valence electrons. The van der Waals surface area contributed by atoms with Crippen molar-refractivity contribution >= 4 is 0 Å². The second kappa shape index (κ2) is 5.96. The molecule has 1 heterocycles. The fraction of sp³-hybridized carbons (Fsp3) is 0.538. The molecule has 1 aliphatic rings. The lowest BCUT2D eigenvalue weighted by molar-refractivity contribution is 0.237. The number of halogens is 2. The zero-order valence-electron chi connectivity index (χ0n) is 9.72. The first-order chi connectivity index (χ1) is 8.27. The van der Waals surface area contributed by atoms with E-state index in [1.165, 1.54) is 24.6 Å². The lowest BCUT2D eigenvalue weighted by Crippen LogP contribution is -2.30. The third-order valence-electron chi connectivity index (χ3n) is 3.09. The zero-order valence-corrected chi connectivity index (χ0v) is 9.72. The van der Waals surface area contributed by atoms with E-state index in [0.29, 0.717) is 12.5 Å². The van der Waals surface area contributed by atoms with Crippen LogP contribution in [0.25, 0.3) is 0 Å². The highest BCUT2D eigenvalue weighted by molar-refractivity contribution is 5.25. The van der Waals surface area contributed by atoms with Crippen LogP contribution in [0.1, 0.15) is 19.3 Å². The van der Waals surface area contributed by atoms with Gasteiger partial charge in [-0.15, -0.1) is 0 Å². The number of para-hydroxylation sites is 1. The summed E-state index contributed by atoms with van der Waals surface area (Å²) >= 11 is 0. The van der Waals surface area contributed by atoms with Crippen molar-refractivity contribution in [3.63, 3.8) is 0 Å². The SMILES string of the molecule is Fc1cccc(F)c1OCCC1CCCNC1. The monoisotopic (exact) mass is 241 g/mol. The van der Waals surface area contributed by atoms with Gasteiger partial charge in [0.25, 0.3) is 0 Å². The summed E-state index contributed by atoms with van der Waals surface area (Å²) in [6.07, 6.45) is 3.16. The Morgan fingerprint density at radius 1 is 1.29 bits per heavy atom. The van der Waals surface area contributed by atoms with Gasteiger partial charge in [0.2, 0.25) is 0 Å². The Morgan fingerprint density at radius 3 is 2.71 bits per heavy atom. The minimum absolute atomic E-state index is 0.253. The molecule has 2 rings (SSSR count). The van der Waals surface area contributed by atoms with Crippen LogP contribution in [0.5, 0.6) is 5.75 Å². The van der Waals surface area contributed by atoms with Crippen molar-refractivity contribution in [3.8, 4) is 5.75 Å². The number of nitrogens with one attached hydrogen (secondary N) is 1. The molecule has 0 bridgehead atoms. The molecule has 1 N–H and O–H groups in total. The van der Waals surface area contributed by atoms with Crippen LogP contribution < -0.4 is 10.1 Å². The normalized spacial score (nSPS) is 20.2. The number of rotatable bonds is 4. The van der Waals surface area contributed by atoms with Gasteiger partial charge in [-0.25, -0.2) is 8.78 Å². The summed E-state index contributed by atoms with van der Waals surface area (Å²) in [4.78, 5) is 0. The van der Waals surface area contributed by atoms with Gasteiger partial charge in [0, 0.05) is 0 Å². The Balaban J connectivity index is 1.81. The molecule has 1 saturated heterocycles. The molecule has 1 unspecified atom stereocenters. The minimum Gasteiger partial charge on any atom is -0.488 e. The van der Waals surface area contributed by atoms with Gasteiger partial charge in [0.15, 0.2) is 17.4 Å². The average molecular weight is 241 g/mol. The maximum Gasteiger partial charge on any atom is 0.190 e. The third kappa shape index (κ3) is 3.40. The number of benzene rings is 1. The Hall–Kier alpha value is -1.16. The maximum atomic E-state index is 13.2. The molecule has 1 atom stereocenters. The van der Waals surface area contributed by atoms with Gasteiger partial charge in [0.05, 0.1) is 6.61 Å². The first-order valence-corrected chi connectivity index (χ1v) is 6.05. The van der Waals surface area contributed by atoms with E-state index in [4.69, 9.17) is 4.74 Å². The second-order valence-corrected chi connectivity index (χ2v) is 4.40. The van der Waals surface area contributed by atoms with E-state index >= 15 is 0 Å². The average Bonchev–Trinajstić information content (AvgIpc) is 2.34. The van der Waals surface area contributed by atoms with E-state index in [-0.39, 0.29) is 5.75 Å². The maximum absolute atomic E-state index is 13.2. The second-order valence-electron chi connectivity index (χ2n) is 4.40. The van der Waals surface area contributed by atoms with Crippen molar-refractivity contribution in [3.05, 3.63) is 29.8 Å². The quantitative estimate of drug-likeness (QED) is 0.875. The topological polar surface area (TPSA) is 21.3 Å². The van der Waals surface area contributed by atoms with Gasteiger partial charge in [-0.1, -0.05) is 6.07 Å². The highest BCUT2D eigenvalue weighted by Gasteiger charge is 2.14. The van der Waals surface area contributed by atoms with Gasteiger partial charge in [0.1, 0.15) is 0 Å². The smallest absolute Gasteiger partial charge is 0.190 e. The number of ether oxygens (including phenoxy) is 1. The van der Waals surface area contributed by atoms with Crippen molar-refractivity contribution in [2.45, 2.75) is 19.3 Å². The summed E-state index contributed by atoms with van der Waals surface area (Å²) in [5.41, 5.74) is 0. The largest absolute Gasteiger partial charge is 0.488 e. The summed E-state index contributed by atoms with van der Waals surface area (Å²) in [6.45, 7) is 2.41. The molecule has 1 aromatic carbocycles. The number of hydrogen-bond donors (Lipinski definition) is 1. The molecule has 17 heavy (non-hydrogen) atoms. The van der Waals surface area contributed by atoms with Gasteiger partial charge >= 0.3 is 0 Å². The Labute approximate surface area is 100.0 Å². The van der Waals surface area contributed by atoms with Gasteiger partial charge < -0.3 is 10.1 Å². The lowest BCUT2D eigenvalue weighted by Gasteiger charge is -2.22. The molecular weight excluding hydrogens is 224 g/mol. The van der Waals surface area contributed by atoms with Crippen LogP contribution in [0.4, 0.5) is 8.78 Å². The predicted octanol–water partition coefficient (Wildman–Crippen LogP) is 2.73. The summed E-state index contributed by atoms with van der Waals surface area (Å²) in [6, 6.07) is 3.75. The predicted molar refractivity (Wildman–Crippen MR) is 62.1 cm³/mol. The van der Waals surface area contributed by atoms with Crippen molar-refractivity contribution in [2.24, 2.45) is 5.92 Å². The number of hydrogen-bond acceptors (Lipinski definition) is 2. The highest BCUT2D eigenvalue weighted by atomic mass is 19.1. The molecule has 1 fully saturated rings. The molecule has 1 aliphatic heterocycles. The Morgan fingerprint density at radius 2 is 2.06 bits per heavy atom. The molecule has 0 aromatic heterocycles. The minimum atomic E-state index is -0.633. The fourth-order valence-corrected chi connectivity index (χ4v) is 2.12. The van der Waals surface area contributed by atoms with Crippen LogP contribution in [-0.4, -0.2) is 19.7 Å². The summed E-state index contributed by atoms with van der Waals surface area (Å²) in [7, 11) is 0. The van der Waals surface area contributed by atoms with Crippen LogP contribution in [0.15, 0.2) is 18.2 Å². The molecule has 0 saturated carbocycles.